The quantitative estimate of drug-likeness (QED) is 0.756. The molecule has 1 aromatic carbocycles. The summed E-state index contributed by atoms with van der Waals surface area (Å²) in [7, 11) is 0. The summed E-state index contributed by atoms with van der Waals surface area (Å²) in [5, 5.41) is 9.12. The monoisotopic (exact) mass is 234 g/mol. The first-order valence-corrected chi connectivity index (χ1v) is 5.81. The van der Waals surface area contributed by atoms with Crippen molar-refractivity contribution in [3.63, 3.8) is 0 Å². The zero-order chi connectivity index (χ0) is 12.6. The van der Waals surface area contributed by atoms with Gasteiger partial charge in [-0.15, -0.1) is 0 Å². The van der Waals surface area contributed by atoms with Crippen LogP contribution in [0.3, 0.4) is 0 Å². The van der Waals surface area contributed by atoms with Crippen LogP contribution in [0.4, 0.5) is 11.4 Å². The number of hydrogen-bond donors (Lipinski definition) is 2. The highest BCUT2D eigenvalue weighted by Gasteiger charge is 2.31. The Bertz CT molecular complexity index is 434. The van der Waals surface area contributed by atoms with E-state index in [0.29, 0.717) is 18.7 Å². The van der Waals surface area contributed by atoms with E-state index >= 15 is 0 Å². The van der Waals surface area contributed by atoms with Crippen LogP contribution in [-0.2, 0) is 4.79 Å². The van der Waals surface area contributed by atoms with E-state index in [0.717, 1.165) is 16.8 Å². The van der Waals surface area contributed by atoms with E-state index in [-0.39, 0.29) is 18.4 Å². The second kappa shape index (κ2) is 4.37. The van der Waals surface area contributed by atoms with Crippen LogP contribution in [0.1, 0.15) is 17.5 Å². The number of benzene rings is 1. The van der Waals surface area contributed by atoms with E-state index in [2.05, 4.69) is 0 Å². The lowest BCUT2D eigenvalue weighted by molar-refractivity contribution is -0.117. The van der Waals surface area contributed by atoms with Gasteiger partial charge in [-0.3, -0.25) is 4.79 Å². The topological polar surface area (TPSA) is 66.6 Å². The maximum absolute atomic E-state index is 11.9. The van der Waals surface area contributed by atoms with Gasteiger partial charge in [0.1, 0.15) is 0 Å². The fourth-order valence-electron chi connectivity index (χ4n) is 2.48. The predicted molar refractivity (Wildman–Crippen MR) is 67.9 cm³/mol. The summed E-state index contributed by atoms with van der Waals surface area (Å²) in [6.45, 7) is 4.55. The van der Waals surface area contributed by atoms with Gasteiger partial charge < -0.3 is 15.7 Å². The van der Waals surface area contributed by atoms with E-state index in [9.17, 15) is 4.79 Å². The molecule has 0 spiro atoms. The second-order valence-corrected chi connectivity index (χ2v) is 4.78. The second-order valence-electron chi connectivity index (χ2n) is 4.78. The first kappa shape index (κ1) is 11.9. The van der Waals surface area contributed by atoms with Crippen molar-refractivity contribution in [2.24, 2.45) is 5.92 Å². The average Bonchev–Trinajstić information content (AvgIpc) is 2.59. The molecule has 1 fully saturated rings. The number of hydrogen-bond acceptors (Lipinski definition) is 3. The Labute approximate surface area is 101 Å². The fraction of sp³-hybridized carbons (Fsp3) is 0.462. The zero-order valence-electron chi connectivity index (χ0n) is 10.2. The first-order chi connectivity index (χ1) is 8.02. The Hall–Kier alpha value is -1.55. The molecule has 92 valence electrons. The molecule has 0 radical (unpaired) electrons. The van der Waals surface area contributed by atoms with Crippen molar-refractivity contribution in [3.05, 3.63) is 23.3 Å². The van der Waals surface area contributed by atoms with Gasteiger partial charge in [0.25, 0.3) is 0 Å². The Balaban J connectivity index is 2.38. The summed E-state index contributed by atoms with van der Waals surface area (Å²) in [4.78, 5) is 13.6. The van der Waals surface area contributed by atoms with Crippen LogP contribution in [0.2, 0.25) is 0 Å². The first-order valence-electron chi connectivity index (χ1n) is 5.81. The van der Waals surface area contributed by atoms with Crippen molar-refractivity contribution >= 4 is 17.3 Å². The lowest BCUT2D eigenvalue weighted by Crippen LogP contribution is -2.26. The van der Waals surface area contributed by atoms with Crippen molar-refractivity contribution in [1.29, 1.82) is 0 Å². The van der Waals surface area contributed by atoms with Crippen LogP contribution in [0.5, 0.6) is 0 Å². The van der Waals surface area contributed by atoms with E-state index in [1.807, 2.05) is 26.0 Å². The molecular weight excluding hydrogens is 216 g/mol. The molecule has 4 heteroatoms. The third-order valence-corrected chi connectivity index (χ3v) is 3.21. The number of nitrogens with two attached hydrogens (primary N) is 1. The van der Waals surface area contributed by atoms with Gasteiger partial charge in [0.2, 0.25) is 5.91 Å². The van der Waals surface area contributed by atoms with Crippen molar-refractivity contribution in [3.8, 4) is 0 Å². The van der Waals surface area contributed by atoms with E-state index < -0.39 is 0 Å². The summed E-state index contributed by atoms with van der Waals surface area (Å²) in [5.74, 6) is 0.0744. The number of aryl methyl sites for hydroxylation is 2. The smallest absolute Gasteiger partial charge is 0.227 e. The lowest BCUT2D eigenvalue weighted by Gasteiger charge is -2.21. The summed E-state index contributed by atoms with van der Waals surface area (Å²) in [6, 6.07) is 3.90. The Morgan fingerprint density at radius 1 is 1.47 bits per heavy atom. The molecule has 1 heterocycles. The molecule has 1 aliphatic rings. The number of carbonyl (C=O) groups is 1. The SMILES string of the molecule is Cc1cc(C)c(N2CC(CO)CC2=O)c(N)c1. The predicted octanol–water partition coefficient (Wildman–Crippen LogP) is 1.23. The molecule has 0 aliphatic carbocycles. The van der Waals surface area contributed by atoms with Crippen molar-refractivity contribution < 1.29 is 9.90 Å². The van der Waals surface area contributed by atoms with Crippen molar-refractivity contribution in [2.75, 3.05) is 23.8 Å². The highest BCUT2D eigenvalue weighted by atomic mass is 16.3. The van der Waals surface area contributed by atoms with Gasteiger partial charge in [0, 0.05) is 25.5 Å². The molecule has 3 N–H and O–H groups in total. The van der Waals surface area contributed by atoms with Crippen LogP contribution >= 0.6 is 0 Å². The van der Waals surface area contributed by atoms with Crippen LogP contribution in [0.15, 0.2) is 12.1 Å². The number of aliphatic hydroxyl groups is 1. The van der Waals surface area contributed by atoms with Gasteiger partial charge in [-0.25, -0.2) is 0 Å². The van der Waals surface area contributed by atoms with Crippen LogP contribution < -0.4 is 10.6 Å². The molecule has 1 aromatic rings. The maximum Gasteiger partial charge on any atom is 0.227 e. The number of aliphatic hydroxyl groups excluding tert-OH is 1. The van der Waals surface area contributed by atoms with Gasteiger partial charge >= 0.3 is 0 Å². The number of anilines is 2. The van der Waals surface area contributed by atoms with Crippen molar-refractivity contribution in [2.45, 2.75) is 20.3 Å². The molecule has 1 saturated heterocycles. The zero-order valence-corrected chi connectivity index (χ0v) is 10.2. The molecule has 0 saturated carbocycles. The molecule has 0 bridgehead atoms. The molecule has 1 aliphatic heterocycles. The normalized spacial score (nSPS) is 20.1. The van der Waals surface area contributed by atoms with Gasteiger partial charge in [-0.2, -0.15) is 0 Å². The number of amides is 1. The number of nitrogen functional groups attached to an aromatic ring is 1. The number of rotatable bonds is 2. The van der Waals surface area contributed by atoms with Crippen molar-refractivity contribution in [1.82, 2.24) is 0 Å². The molecule has 1 amide bonds. The Morgan fingerprint density at radius 3 is 2.71 bits per heavy atom. The minimum atomic E-state index is 0.0302. The molecule has 2 rings (SSSR count). The maximum atomic E-state index is 11.9. The summed E-state index contributed by atoms with van der Waals surface area (Å²) < 4.78 is 0. The molecule has 4 nitrogen and oxygen atoms in total. The fourth-order valence-corrected chi connectivity index (χ4v) is 2.48. The highest BCUT2D eigenvalue weighted by molar-refractivity contribution is 5.99. The minimum Gasteiger partial charge on any atom is -0.397 e. The summed E-state index contributed by atoms with van der Waals surface area (Å²) >= 11 is 0. The standard InChI is InChI=1S/C13H18N2O2/c1-8-3-9(2)13(11(14)4-8)15-6-10(7-16)5-12(15)17/h3-4,10,16H,5-7,14H2,1-2H3. The summed E-state index contributed by atoms with van der Waals surface area (Å²) in [5.41, 5.74) is 9.53. The largest absolute Gasteiger partial charge is 0.397 e. The van der Waals surface area contributed by atoms with Gasteiger partial charge in [-0.05, 0) is 31.0 Å². The molecule has 1 unspecified atom stereocenters. The van der Waals surface area contributed by atoms with Gasteiger partial charge in [-0.1, -0.05) is 6.07 Å². The van der Waals surface area contributed by atoms with Gasteiger partial charge in [0.05, 0.1) is 11.4 Å². The molecule has 0 aromatic heterocycles. The Morgan fingerprint density at radius 2 is 2.18 bits per heavy atom. The van der Waals surface area contributed by atoms with E-state index in [4.69, 9.17) is 10.8 Å². The van der Waals surface area contributed by atoms with Crippen LogP contribution in [-0.4, -0.2) is 24.2 Å². The van der Waals surface area contributed by atoms with E-state index in [1.54, 1.807) is 4.90 Å². The molecule has 1 atom stereocenters. The highest BCUT2D eigenvalue weighted by Crippen LogP contribution is 2.33. The van der Waals surface area contributed by atoms with Gasteiger partial charge in [0.15, 0.2) is 0 Å². The van der Waals surface area contributed by atoms with Crippen LogP contribution in [0, 0.1) is 19.8 Å². The Kier molecular flexibility index (Phi) is 3.07. The number of carbonyl (C=O) groups excluding carboxylic acids is 1. The van der Waals surface area contributed by atoms with Crippen LogP contribution in [0.25, 0.3) is 0 Å². The lowest BCUT2D eigenvalue weighted by atomic mass is 10.1. The third kappa shape index (κ3) is 2.13. The molecular formula is C13H18N2O2. The minimum absolute atomic E-state index is 0.0302. The molecule has 17 heavy (non-hydrogen) atoms. The van der Waals surface area contributed by atoms with E-state index in [1.165, 1.54) is 0 Å². The summed E-state index contributed by atoms with van der Waals surface area (Å²) in [6.07, 6.45) is 0.406. The number of nitrogens with zero attached hydrogens (tertiary/aromatic N) is 1. The third-order valence-electron chi connectivity index (χ3n) is 3.21. The average molecular weight is 234 g/mol.